The molecule has 0 spiro atoms. The van der Waals surface area contributed by atoms with Crippen LogP contribution in [-0.2, 0) is 4.79 Å². The number of hydrogen-bond acceptors (Lipinski definition) is 6. The van der Waals surface area contributed by atoms with Crippen molar-refractivity contribution in [2.24, 2.45) is 4.99 Å². The van der Waals surface area contributed by atoms with Gasteiger partial charge in [0.15, 0.2) is 5.17 Å². The number of aromatic carboxylic acids is 1. The number of carbonyl (C=O) groups is 2. The fourth-order valence-corrected chi connectivity index (χ4v) is 4.32. The highest BCUT2D eigenvalue weighted by Crippen LogP contribution is 2.34. The van der Waals surface area contributed by atoms with Gasteiger partial charge in [-0.25, -0.2) is 9.79 Å². The summed E-state index contributed by atoms with van der Waals surface area (Å²) in [6, 6.07) is 16.0. The van der Waals surface area contributed by atoms with Crippen molar-refractivity contribution in [3.8, 4) is 5.69 Å². The average Bonchev–Trinajstić information content (AvgIpc) is 3.38. The zero-order valence-corrected chi connectivity index (χ0v) is 18.2. The van der Waals surface area contributed by atoms with Gasteiger partial charge < -0.3 is 9.67 Å². The number of nitrogens with zero attached hydrogens (tertiary/aromatic N) is 4. The van der Waals surface area contributed by atoms with Gasteiger partial charge in [-0.1, -0.05) is 0 Å². The minimum atomic E-state index is -1.02. The van der Waals surface area contributed by atoms with Gasteiger partial charge in [0.1, 0.15) is 0 Å². The molecule has 0 bridgehead atoms. The van der Waals surface area contributed by atoms with Crippen molar-refractivity contribution in [1.29, 1.82) is 0 Å². The summed E-state index contributed by atoms with van der Waals surface area (Å²) < 4.78 is 1.83. The van der Waals surface area contributed by atoms with Gasteiger partial charge in [0.2, 0.25) is 0 Å². The van der Waals surface area contributed by atoms with E-state index in [1.807, 2.05) is 29.8 Å². The fraction of sp³-hybridized carbons (Fsp3) is 0.0870. The van der Waals surface area contributed by atoms with Crippen LogP contribution < -0.4 is 0 Å². The van der Waals surface area contributed by atoms with Gasteiger partial charge in [-0.3, -0.25) is 19.8 Å². The highest BCUT2D eigenvalue weighted by molar-refractivity contribution is 8.18. The van der Waals surface area contributed by atoms with Crippen LogP contribution in [0.4, 0.5) is 11.4 Å². The summed E-state index contributed by atoms with van der Waals surface area (Å²) in [5.74, 6) is -1.20. The molecule has 33 heavy (non-hydrogen) atoms. The third kappa shape index (κ3) is 4.55. The van der Waals surface area contributed by atoms with Crippen molar-refractivity contribution >= 4 is 46.3 Å². The van der Waals surface area contributed by atoms with Crippen LogP contribution in [0.2, 0.25) is 0 Å². The Morgan fingerprint density at radius 1 is 1.15 bits per heavy atom. The molecular weight excluding hydrogens is 444 g/mol. The van der Waals surface area contributed by atoms with E-state index >= 15 is 0 Å². The molecule has 1 saturated heterocycles. The summed E-state index contributed by atoms with van der Waals surface area (Å²) in [6.07, 6.45) is 3.57. The number of non-ortho nitro benzene ring substituents is 1. The lowest BCUT2D eigenvalue weighted by Crippen LogP contribution is -2.28. The summed E-state index contributed by atoms with van der Waals surface area (Å²) in [5.41, 5.74) is 2.18. The Kier molecular flexibility index (Phi) is 6.09. The van der Waals surface area contributed by atoms with E-state index in [0.717, 1.165) is 11.4 Å². The minimum absolute atomic E-state index is 0.00293. The van der Waals surface area contributed by atoms with E-state index in [0.29, 0.717) is 22.3 Å². The lowest BCUT2D eigenvalue weighted by atomic mass is 10.2. The summed E-state index contributed by atoms with van der Waals surface area (Å²) in [4.78, 5) is 41.0. The molecular formula is C23H18N4O5S. The maximum absolute atomic E-state index is 13.0. The van der Waals surface area contributed by atoms with Gasteiger partial charge in [0.05, 0.1) is 21.1 Å². The monoisotopic (exact) mass is 462 g/mol. The van der Waals surface area contributed by atoms with Crippen LogP contribution in [0, 0.1) is 10.1 Å². The number of nitro groups is 1. The van der Waals surface area contributed by atoms with Gasteiger partial charge in [-0.05, 0) is 73.3 Å². The second kappa shape index (κ2) is 9.13. The molecule has 0 radical (unpaired) electrons. The highest BCUT2D eigenvalue weighted by atomic mass is 32.2. The van der Waals surface area contributed by atoms with E-state index in [2.05, 4.69) is 4.99 Å². The molecule has 0 atom stereocenters. The number of aromatic nitrogens is 1. The predicted molar refractivity (Wildman–Crippen MR) is 126 cm³/mol. The van der Waals surface area contributed by atoms with Crippen LogP contribution in [0.5, 0.6) is 0 Å². The number of likely N-dealkylation sites (N-methyl/N-ethyl adjacent to an activating group) is 1. The van der Waals surface area contributed by atoms with E-state index in [1.54, 1.807) is 35.2 Å². The van der Waals surface area contributed by atoms with Crippen molar-refractivity contribution in [2.45, 2.75) is 6.92 Å². The maximum atomic E-state index is 13.0. The molecule has 0 saturated carbocycles. The molecule has 1 aromatic heterocycles. The first kappa shape index (κ1) is 22.0. The fourth-order valence-electron chi connectivity index (χ4n) is 3.28. The van der Waals surface area contributed by atoms with E-state index in [9.17, 15) is 19.7 Å². The van der Waals surface area contributed by atoms with Gasteiger partial charge >= 0.3 is 5.97 Å². The number of hydrogen-bond donors (Lipinski definition) is 1. The van der Waals surface area contributed by atoms with Gasteiger partial charge in [0.25, 0.3) is 11.6 Å². The number of benzene rings is 2. The summed E-state index contributed by atoms with van der Waals surface area (Å²) in [7, 11) is 0. The van der Waals surface area contributed by atoms with Crippen molar-refractivity contribution in [3.63, 3.8) is 0 Å². The third-order valence-electron chi connectivity index (χ3n) is 4.94. The van der Waals surface area contributed by atoms with E-state index in [1.165, 1.54) is 36.0 Å². The topological polar surface area (TPSA) is 118 Å². The van der Waals surface area contributed by atoms with Gasteiger partial charge in [0, 0.05) is 36.3 Å². The summed E-state index contributed by atoms with van der Waals surface area (Å²) >= 11 is 1.23. The number of amidine groups is 1. The number of carboxylic acids is 1. The highest BCUT2D eigenvalue weighted by Gasteiger charge is 2.32. The van der Waals surface area contributed by atoms with Crippen LogP contribution in [0.3, 0.4) is 0 Å². The largest absolute Gasteiger partial charge is 0.478 e. The van der Waals surface area contributed by atoms with Crippen molar-refractivity contribution in [2.75, 3.05) is 6.54 Å². The first-order valence-electron chi connectivity index (χ1n) is 9.93. The number of nitro benzene ring substituents is 1. The Labute approximate surface area is 192 Å². The Morgan fingerprint density at radius 2 is 1.85 bits per heavy atom. The zero-order chi connectivity index (χ0) is 23.5. The molecule has 2 aromatic carbocycles. The van der Waals surface area contributed by atoms with E-state index in [4.69, 9.17) is 5.11 Å². The molecule has 0 aliphatic carbocycles. The number of rotatable bonds is 6. The minimum Gasteiger partial charge on any atom is -0.478 e. The van der Waals surface area contributed by atoms with E-state index in [-0.39, 0.29) is 17.2 Å². The average molecular weight is 462 g/mol. The first-order valence-corrected chi connectivity index (χ1v) is 10.7. The van der Waals surface area contributed by atoms with Crippen LogP contribution in [0.15, 0.2) is 76.8 Å². The molecule has 4 rings (SSSR count). The van der Waals surface area contributed by atoms with Crippen molar-refractivity contribution < 1.29 is 19.6 Å². The molecule has 2 heterocycles. The third-order valence-corrected chi connectivity index (χ3v) is 5.95. The molecule has 0 unspecified atom stereocenters. The normalized spacial score (nSPS) is 16.0. The lowest BCUT2D eigenvalue weighted by Gasteiger charge is -2.12. The van der Waals surface area contributed by atoms with Crippen LogP contribution in [0.1, 0.15) is 23.0 Å². The quantitative estimate of drug-likeness (QED) is 0.322. The summed E-state index contributed by atoms with van der Waals surface area (Å²) in [5, 5.41) is 20.5. The van der Waals surface area contributed by atoms with Crippen LogP contribution in [0.25, 0.3) is 11.8 Å². The van der Waals surface area contributed by atoms with Crippen molar-refractivity contribution in [1.82, 2.24) is 9.47 Å². The van der Waals surface area contributed by atoms with E-state index < -0.39 is 10.9 Å². The second-order valence-corrected chi connectivity index (χ2v) is 7.99. The molecule has 1 aliphatic rings. The lowest BCUT2D eigenvalue weighted by molar-refractivity contribution is -0.384. The first-order chi connectivity index (χ1) is 15.9. The summed E-state index contributed by atoms with van der Waals surface area (Å²) in [6.45, 7) is 2.28. The number of thioether (sulfide) groups is 1. The van der Waals surface area contributed by atoms with Gasteiger partial charge in [-0.2, -0.15) is 0 Å². The smallest absolute Gasteiger partial charge is 0.335 e. The Morgan fingerprint density at radius 3 is 2.45 bits per heavy atom. The molecule has 1 N–H and O–H groups in total. The molecule has 9 nitrogen and oxygen atoms in total. The molecule has 1 aliphatic heterocycles. The number of carbonyl (C=O) groups excluding carboxylic acids is 1. The standard InChI is InChI=1S/C23H18N4O5S/c1-2-25-21(28)20(33-23(25)24-16-7-5-15(6-8-16)22(29)30)14-19-4-3-13-26(19)17-9-11-18(12-10-17)27(31)32/h3-14H,2H2,1H3,(H,29,30)/b20-14+,24-23?. The SMILES string of the molecule is CCN1C(=O)/C(=C\c2cccn2-c2ccc([N+](=O)[O-])cc2)SC1=Nc1ccc(C(=O)O)cc1. The maximum Gasteiger partial charge on any atom is 0.335 e. The zero-order valence-electron chi connectivity index (χ0n) is 17.4. The number of carboxylic acid groups (broad SMARTS) is 1. The number of amides is 1. The number of aliphatic imine (C=N–C) groups is 1. The van der Waals surface area contributed by atoms with Gasteiger partial charge in [-0.15, -0.1) is 0 Å². The molecule has 3 aromatic rings. The Hall–Kier alpha value is -4.18. The molecule has 1 amide bonds. The Bertz CT molecular complexity index is 1290. The van der Waals surface area contributed by atoms with Crippen LogP contribution in [-0.4, -0.2) is 43.1 Å². The molecule has 166 valence electrons. The molecule has 1 fully saturated rings. The Balaban J connectivity index is 1.63. The predicted octanol–water partition coefficient (Wildman–Crippen LogP) is 4.71. The van der Waals surface area contributed by atoms with Crippen molar-refractivity contribution in [3.05, 3.63) is 93.1 Å². The second-order valence-electron chi connectivity index (χ2n) is 6.98. The molecule has 10 heteroatoms. The van der Waals surface area contributed by atoms with Crippen LogP contribution >= 0.6 is 11.8 Å².